The average molecular weight is 265 g/mol. The van der Waals surface area contributed by atoms with Crippen molar-refractivity contribution in [3.63, 3.8) is 0 Å². The number of nitrogens with one attached hydrogen (secondary N) is 1. The summed E-state index contributed by atoms with van der Waals surface area (Å²) in [7, 11) is 0. The molecule has 0 aliphatic rings. The van der Waals surface area contributed by atoms with E-state index in [4.69, 9.17) is 9.84 Å². The van der Waals surface area contributed by atoms with Gasteiger partial charge in [0.1, 0.15) is 12.2 Å². The molecule has 0 aromatic heterocycles. The molecule has 0 spiro atoms. The quantitative estimate of drug-likeness (QED) is 0.823. The molecule has 0 saturated carbocycles. The first-order valence-electron chi connectivity index (χ1n) is 5.97. The maximum Gasteiger partial charge on any atom is 0.412 e. The molecule has 0 heterocycles. The van der Waals surface area contributed by atoms with Crippen molar-refractivity contribution in [3.8, 4) is 0 Å². The van der Waals surface area contributed by atoms with Crippen molar-refractivity contribution >= 4 is 17.6 Å². The smallest absolute Gasteiger partial charge is 0.412 e. The van der Waals surface area contributed by atoms with Crippen LogP contribution in [0.2, 0.25) is 0 Å². The van der Waals surface area contributed by atoms with Gasteiger partial charge in [0.25, 0.3) is 0 Å². The number of Topliss-reactive ketones (excluding diaryl/α,β-unsaturated/α-hetero) is 1. The summed E-state index contributed by atoms with van der Waals surface area (Å²) in [6.45, 7) is 6.54. The molecular weight excluding hydrogens is 246 g/mol. The van der Waals surface area contributed by atoms with Gasteiger partial charge in [-0.2, -0.15) is 0 Å². The van der Waals surface area contributed by atoms with Gasteiger partial charge in [-0.05, 0) is 51.5 Å². The van der Waals surface area contributed by atoms with Gasteiger partial charge in [-0.3, -0.25) is 10.1 Å². The molecule has 1 aromatic rings. The van der Waals surface area contributed by atoms with E-state index < -0.39 is 24.1 Å². The summed E-state index contributed by atoms with van der Waals surface area (Å²) in [5.41, 5.74) is 1.04. The fourth-order valence-electron chi connectivity index (χ4n) is 1.53. The third-order valence-corrected chi connectivity index (χ3v) is 2.19. The van der Waals surface area contributed by atoms with Crippen LogP contribution in [-0.2, 0) is 4.74 Å². The van der Waals surface area contributed by atoms with E-state index in [1.807, 2.05) is 0 Å². The first-order valence-corrected chi connectivity index (χ1v) is 5.97. The molecule has 0 saturated heterocycles. The molecule has 0 unspecified atom stereocenters. The Balaban J connectivity index is 2.87. The normalized spacial score (nSPS) is 11.0. The molecule has 5 nitrogen and oxygen atoms in total. The number of aryl methyl sites for hydroxylation is 1. The van der Waals surface area contributed by atoms with E-state index >= 15 is 0 Å². The predicted octanol–water partition coefficient (Wildman–Crippen LogP) is 2.52. The molecule has 0 fully saturated rings. The van der Waals surface area contributed by atoms with Crippen molar-refractivity contribution in [2.45, 2.75) is 33.3 Å². The lowest BCUT2D eigenvalue weighted by atomic mass is 10.1. The zero-order valence-electron chi connectivity index (χ0n) is 11.6. The summed E-state index contributed by atoms with van der Waals surface area (Å²) in [6.07, 6.45) is -0.583. The third-order valence-electron chi connectivity index (χ3n) is 2.19. The Morgan fingerprint density at radius 3 is 2.42 bits per heavy atom. The molecule has 104 valence electrons. The summed E-state index contributed by atoms with van der Waals surface area (Å²) >= 11 is 0. The number of anilines is 1. The fraction of sp³-hybridized carbons (Fsp3) is 0.429. The van der Waals surface area contributed by atoms with Crippen LogP contribution in [-0.4, -0.2) is 29.2 Å². The Bertz CT molecular complexity index is 489. The van der Waals surface area contributed by atoms with Crippen LogP contribution < -0.4 is 5.32 Å². The van der Waals surface area contributed by atoms with Gasteiger partial charge in [-0.1, -0.05) is 0 Å². The van der Waals surface area contributed by atoms with Crippen molar-refractivity contribution in [1.29, 1.82) is 0 Å². The second-order valence-corrected chi connectivity index (χ2v) is 5.30. The van der Waals surface area contributed by atoms with Gasteiger partial charge < -0.3 is 9.84 Å². The van der Waals surface area contributed by atoms with Gasteiger partial charge in [0.2, 0.25) is 0 Å². The Labute approximate surface area is 112 Å². The molecule has 0 radical (unpaired) electrons. The maximum absolute atomic E-state index is 11.6. The summed E-state index contributed by atoms with van der Waals surface area (Å²) in [5, 5.41) is 11.4. The third kappa shape index (κ3) is 5.09. The van der Waals surface area contributed by atoms with Gasteiger partial charge in [0.15, 0.2) is 5.78 Å². The minimum absolute atomic E-state index is 0.355. The van der Waals surface area contributed by atoms with Crippen molar-refractivity contribution in [2.75, 3.05) is 11.9 Å². The lowest BCUT2D eigenvalue weighted by Crippen LogP contribution is -2.27. The van der Waals surface area contributed by atoms with Crippen molar-refractivity contribution in [2.24, 2.45) is 0 Å². The van der Waals surface area contributed by atoms with Crippen LogP contribution in [0, 0.1) is 6.92 Å². The van der Waals surface area contributed by atoms with Gasteiger partial charge in [-0.25, -0.2) is 4.79 Å². The van der Waals surface area contributed by atoms with E-state index in [9.17, 15) is 9.59 Å². The molecule has 5 heteroatoms. The number of amides is 1. The van der Waals surface area contributed by atoms with E-state index in [0.717, 1.165) is 5.56 Å². The van der Waals surface area contributed by atoms with E-state index in [1.54, 1.807) is 39.8 Å². The number of carbonyl (C=O) groups is 2. The number of aliphatic hydroxyl groups is 1. The SMILES string of the molecule is Cc1cc(NC(=O)OC(C)(C)C)cc(C(=O)CO)c1. The van der Waals surface area contributed by atoms with Crippen LogP contribution in [0.25, 0.3) is 0 Å². The number of hydrogen-bond donors (Lipinski definition) is 2. The Hall–Kier alpha value is -1.88. The number of hydrogen-bond acceptors (Lipinski definition) is 4. The lowest BCUT2D eigenvalue weighted by molar-refractivity contribution is 0.0635. The molecule has 0 aliphatic heterocycles. The molecule has 1 amide bonds. The van der Waals surface area contributed by atoms with Gasteiger partial charge >= 0.3 is 6.09 Å². The highest BCUT2D eigenvalue weighted by Gasteiger charge is 2.16. The predicted molar refractivity (Wildman–Crippen MR) is 72.5 cm³/mol. The fourth-order valence-corrected chi connectivity index (χ4v) is 1.53. The van der Waals surface area contributed by atoms with E-state index in [2.05, 4.69) is 5.32 Å². The lowest BCUT2D eigenvalue weighted by Gasteiger charge is -2.20. The Kier molecular flexibility index (Phi) is 4.67. The van der Waals surface area contributed by atoms with Crippen LogP contribution >= 0.6 is 0 Å². The number of aliphatic hydroxyl groups excluding tert-OH is 1. The number of rotatable bonds is 3. The molecule has 19 heavy (non-hydrogen) atoms. The zero-order valence-corrected chi connectivity index (χ0v) is 11.6. The minimum atomic E-state index is -0.586. The Morgan fingerprint density at radius 2 is 1.89 bits per heavy atom. The minimum Gasteiger partial charge on any atom is -0.444 e. The monoisotopic (exact) mass is 265 g/mol. The molecule has 0 atom stereocenters. The molecule has 2 N–H and O–H groups in total. The van der Waals surface area contributed by atoms with Crippen LogP contribution in [0.15, 0.2) is 18.2 Å². The summed E-state index contributed by atoms with van der Waals surface area (Å²) in [5.74, 6) is -0.393. The Morgan fingerprint density at radius 1 is 1.26 bits per heavy atom. The first kappa shape index (κ1) is 15.2. The second-order valence-electron chi connectivity index (χ2n) is 5.30. The zero-order chi connectivity index (χ0) is 14.6. The topological polar surface area (TPSA) is 75.6 Å². The van der Waals surface area contributed by atoms with Gasteiger partial charge in [0.05, 0.1) is 0 Å². The highest BCUT2D eigenvalue weighted by atomic mass is 16.6. The van der Waals surface area contributed by atoms with Crippen LogP contribution in [0.5, 0.6) is 0 Å². The van der Waals surface area contributed by atoms with Crippen LogP contribution in [0.3, 0.4) is 0 Å². The maximum atomic E-state index is 11.6. The van der Waals surface area contributed by atoms with Crippen LogP contribution in [0.1, 0.15) is 36.7 Å². The second kappa shape index (κ2) is 5.84. The summed E-state index contributed by atoms with van der Waals surface area (Å²) in [6, 6.07) is 4.88. The number of ketones is 1. The molecule has 0 bridgehead atoms. The summed E-state index contributed by atoms with van der Waals surface area (Å²) in [4.78, 5) is 23.1. The molecule has 1 aromatic carbocycles. The highest BCUT2D eigenvalue weighted by molar-refractivity contribution is 5.98. The number of carbonyl (C=O) groups excluding carboxylic acids is 2. The van der Waals surface area contributed by atoms with E-state index in [0.29, 0.717) is 11.3 Å². The highest BCUT2D eigenvalue weighted by Crippen LogP contribution is 2.16. The largest absolute Gasteiger partial charge is 0.444 e. The molecule has 0 aliphatic carbocycles. The van der Waals surface area contributed by atoms with E-state index in [-0.39, 0.29) is 0 Å². The van der Waals surface area contributed by atoms with Crippen molar-refractivity contribution < 1.29 is 19.4 Å². The molecular formula is C14H19NO4. The standard InChI is InChI=1S/C14H19NO4/c1-9-5-10(12(17)8-16)7-11(6-9)15-13(18)19-14(2,3)4/h5-7,16H,8H2,1-4H3,(H,15,18). The van der Waals surface area contributed by atoms with E-state index in [1.165, 1.54) is 6.07 Å². The molecule has 1 rings (SSSR count). The van der Waals surface area contributed by atoms with Crippen LogP contribution in [0.4, 0.5) is 10.5 Å². The van der Waals surface area contributed by atoms with Crippen molar-refractivity contribution in [3.05, 3.63) is 29.3 Å². The number of benzene rings is 1. The first-order chi connectivity index (χ1) is 8.71. The average Bonchev–Trinajstić information content (AvgIpc) is 2.24. The summed E-state index contributed by atoms with van der Waals surface area (Å²) < 4.78 is 5.12. The van der Waals surface area contributed by atoms with Crippen molar-refractivity contribution in [1.82, 2.24) is 0 Å². The van der Waals surface area contributed by atoms with Gasteiger partial charge in [-0.15, -0.1) is 0 Å². The van der Waals surface area contributed by atoms with Gasteiger partial charge in [0, 0.05) is 11.3 Å². The number of ether oxygens (including phenoxy) is 1.